The van der Waals surface area contributed by atoms with Crippen LogP contribution in [-0.4, -0.2) is 33.6 Å². The van der Waals surface area contributed by atoms with Crippen LogP contribution in [0.3, 0.4) is 0 Å². The van der Waals surface area contributed by atoms with E-state index in [9.17, 15) is 0 Å². The van der Waals surface area contributed by atoms with E-state index in [1.807, 2.05) is 6.92 Å². The highest BCUT2D eigenvalue weighted by atomic mass is 16.5. The smallest absolute Gasteiger partial charge is 0.150 e. The molecule has 6 nitrogen and oxygen atoms in total. The van der Waals surface area contributed by atoms with Gasteiger partial charge < -0.3 is 20.8 Å². The molecule has 0 unspecified atom stereocenters. The molecule has 0 spiro atoms. The first-order valence-corrected chi connectivity index (χ1v) is 10.3. The maximum atomic E-state index is 6.17. The van der Waals surface area contributed by atoms with Gasteiger partial charge in [-0.3, -0.25) is 0 Å². The Morgan fingerprint density at radius 1 is 1.14 bits per heavy atom. The van der Waals surface area contributed by atoms with Crippen molar-refractivity contribution in [2.24, 2.45) is 0 Å². The first-order chi connectivity index (χ1) is 13.4. The highest BCUT2D eigenvalue weighted by Gasteiger charge is 2.12. The molecule has 152 valence electrons. The van der Waals surface area contributed by atoms with Crippen LogP contribution >= 0.6 is 0 Å². The Hall–Kier alpha value is -2.18. The van der Waals surface area contributed by atoms with Crippen molar-refractivity contribution in [1.82, 2.24) is 20.3 Å². The predicted octanol–water partition coefficient (Wildman–Crippen LogP) is 4.33. The normalized spacial score (nSPS) is 12.3. The van der Waals surface area contributed by atoms with Gasteiger partial charge in [0.15, 0.2) is 0 Å². The summed E-state index contributed by atoms with van der Waals surface area (Å²) in [5.41, 5.74) is 10.2. The van der Waals surface area contributed by atoms with Gasteiger partial charge in [0.2, 0.25) is 0 Å². The van der Waals surface area contributed by atoms with Gasteiger partial charge in [-0.25, -0.2) is 9.97 Å². The number of aromatic nitrogens is 3. The number of nitrogen functional groups attached to an aromatic ring is 1. The molecule has 0 aliphatic heterocycles. The maximum absolute atomic E-state index is 6.17. The molecule has 1 aromatic carbocycles. The molecule has 0 radical (unpaired) electrons. The molecule has 0 aliphatic rings. The van der Waals surface area contributed by atoms with Crippen LogP contribution in [0.5, 0.6) is 0 Å². The van der Waals surface area contributed by atoms with Crippen molar-refractivity contribution in [3.63, 3.8) is 0 Å². The number of pyridine rings is 1. The molecular formula is C22H33N5O. The molecule has 0 aliphatic carbocycles. The van der Waals surface area contributed by atoms with E-state index >= 15 is 0 Å². The largest absolute Gasteiger partial charge is 0.382 e. The molecule has 3 aromatic rings. The van der Waals surface area contributed by atoms with Crippen LogP contribution in [0.15, 0.2) is 18.2 Å². The summed E-state index contributed by atoms with van der Waals surface area (Å²) in [7, 11) is 0. The molecule has 0 bridgehead atoms. The lowest BCUT2D eigenvalue weighted by Gasteiger charge is -2.20. The van der Waals surface area contributed by atoms with E-state index in [1.165, 1.54) is 24.8 Å². The standard InChI is InChI=1S/C22H33N5O/c1-5-28-14-18-26-19-16-11-10-15(9-7-6-8-12-24-22(2,3)4)13-17(16)25-21(23)20(19)27-18/h10-11,13,24H,5-9,12,14H2,1-4H3,(H2,23,25)(H,26,27). The topological polar surface area (TPSA) is 88.8 Å². The van der Waals surface area contributed by atoms with Crippen molar-refractivity contribution in [2.75, 3.05) is 18.9 Å². The molecule has 2 heterocycles. The molecule has 2 aromatic heterocycles. The van der Waals surface area contributed by atoms with Gasteiger partial charge in [-0.15, -0.1) is 0 Å². The number of imidazole rings is 1. The van der Waals surface area contributed by atoms with Crippen LogP contribution in [-0.2, 0) is 17.8 Å². The summed E-state index contributed by atoms with van der Waals surface area (Å²) in [5.74, 6) is 1.27. The van der Waals surface area contributed by atoms with E-state index in [0.29, 0.717) is 19.0 Å². The van der Waals surface area contributed by atoms with Gasteiger partial charge in [0, 0.05) is 17.5 Å². The number of ether oxygens (including phenoxy) is 1. The number of hydrogen-bond donors (Lipinski definition) is 3. The molecule has 0 fully saturated rings. The van der Waals surface area contributed by atoms with E-state index < -0.39 is 0 Å². The SMILES string of the molecule is CCOCc1nc2c([nH]1)c(N)nc1cc(CCCCCNC(C)(C)C)ccc12. The number of hydrogen-bond acceptors (Lipinski definition) is 5. The molecule has 3 rings (SSSR count). The maximum Gasteiger partial charge on any atom is 0.150 e. The fourth-order valence-electron chi connectivity index (χ4n) is 3.38. The lowest BCUT2D eigenvalue weighted by atomic mass is 10.0. The number of rotatable bonds is 9. The summed E-state index contributed by atoms with van der Waals surface area (Å²) in [6.45, 7) is 10.8. The van der Waals surface area contributed by atoms with E-state index in [1.54, 1.807) is 0 Å². The molecular weight excluding hydrogens is 350 g/mol. The number of aryl methyl sites for hydroxylation is 1. The van der Waals surface area contributed by atoms with Gasteiger partial charge in [0.1, 0.15) is 29.3 Å². The number of H-pyrrole nitrogens is 1. The zero-order valence-electron chi connectivity index (χ0n) is 17.6. The van der Waals surface area contributed by atoms with Gasteiger partial charge in [-0.2, -0.15) is 0 Å². The zero-order valence-corrected chi connectivity index (χ0v) is 17.6. The van der Waals surface area contributed by atoms with Crippen molar-refractivity contribution in [1.29, 1.82) is 0 Å². The van der Waals surface area contributed by atoms with Crippen LogP contribution in [0, 0.1) is 0 Å². The molecule has 0 amide bonds. The predicted molar refractivity (Wildman–Crippen MR) is 116 cm³/mol. The number of unbranched alkanes of at least 4 members (excludes halogenated alkanes) is 2. The summed E-state index contributed by atoms with van der Waals surface area (Å²) < 4.78 is 5.45. The highest BCUT2D eigenvalue weighted by molar-refractivity contribution is 6.06. The van der Waals surface area contributed by atoms with Crippen LogP contribution in [0.2, 0.25) is 0 Å². The fourth-order valence-corrected chi connectivity index (χ4v) is 3.38. The lowest BCUT2D eigenvalue weighted by Crippen LogP contribution is -2.36. The Morgan fingerprint density at radius 2 is 1.96 bits per heavy atom. The summed E-state index contributed by atoms with van der Waals surface area (Å²) in [6, 6.07) is 6.45. The third-order valence-electron chi connectivity index (χ3n) is 4.81. The van der Waals surface area contributed by atoms with E-state index in [-0.39, 0.29) is 5.54 Å². The second-order valence-corrected chi connectivity index (χ2v) is 8.38. The molecule has 0 atom stereocenters. The molecule has 0 saturated heterocycles. The number of nitrogens with zero attached hydrogens (tertiary/aromatic N) is 2. The van der Waals surface area contributed by atoms with Crippen molar-refractivity contribution in [3.05, 3.63) is 29.6 Å². The van der Waals surface area contributed by atoms with E-state index in [2.05, 4.69) is 59.2 Å². The molecule has 28 heavy (non-hydrogen) atoms. The van der Waals surface area contributed by atoms with Crippen molar-refractivity contribution >= 4 is 27.8 Å². The van der Waals surface area contributed by atoms with E-state index in [0.717, 1.165) is 40.7 Å². The third-order valence-corrected chi connectivity index (χ3v) is 4.81. The average molecular weight is 384 g/mol. The second kappa shape index (κ2) is 8.88. The summed E-state index contributed by atoms with van der Waals surface area (Å²) in [4.78, 5) is 12.5. The zero-order chi connectivity index (χ0) is 20.1. The fraction of sp³-hybridized carbons (Fsp3) is 0.545. The Balaban J connectivity index is 1.67. The first-order valence-electron chi connectivity index (χ1n) is 10.3. The Kier molecular flexibility index (Phi) is 6.52. The first kappa shape index (κ1) is 20.6. The number of benzene rings is 1. The minimum Gasteiger partial charge on any atom is -0.382 e. The third kappa shape index (κ3) is 5.20. The lowest BCUT2D eigenvalue weighted by molar-refractivity contribution is 0.129. The van der Waals surface area contributed by atoms with Crippen molar-refractivity contribution < 1.29 is 4.74 Å². The van der Waals surface area contributed by atoms with Gasteiger partial charge in [-0.1, -0.05) is 18.6 Å². The summed E-state index contributed by atoms with van der Waals surface area (Å²) in [5, 5.41) is 4.57. The summed E-state index contributed by atoms with van der Waals surface area (Å²) in [6.07, 6.45) is 4.65. The molecule has 6 heteroatoms. The van der Waals surface area contributed by atoms with Gasteiger partial charge >= 0.3 is 0 Å². The monoisotopic (exact) mass is 383 g/mol. The van der Waals surface area contributed by atoms with E-state index in [4.69, 9.17) is 10.5 Å². The number of aromatic amines is 1. The van der Waals surface area contributed by atoms with Crippen molar-refractivity contribution in [2.45, 2.75) is 65.5 Å². The number of nitrogens with one attached hydrogen (secondary N) is 2. The van der Waals surface area contributed by atoms with Crippen LogP contribution in [0.25, 0.3) is 21.9 Å². The van der Waals surface area contributed by atoms with Crippen molar-refractivity contribution in [3.8, 4) is 0 Å². The summed E-state index contributed by atoms with van der Waals surface area (Å²) >= 11 is 0. The second-order valence-electron chi connectivity index (χ2n) is 8.38. The number of fused-ring (bicyclic) bond motifs is 3. The van der Waals surface area contributed by atoms with Gasteiger partial charge in [0.25, 0.3) is 0 Å². The number of nitrogens with two attached hydrogens (primary N) is 1. The number of anilines is 1. The highest BCUT2D eigenvalue weighted by Crippen LogP contribution is 2.27. The Bertz CT molecular complexity index is 926. The Morgan fingerprint density at radius 3 is 2.71 bits per heavy atom. The van der Waals surface area contributed by atoms with Crippen LogP contribution in [0.4, 0.5) is 5.82 Å². The molecule has 0 saturated carbocycles. The molecule has 4 N–H and O–H groups in total. The quantitative estimate of drug-likeness (QED) is 0.479. The minimum absolute atomic E-state index is 0.198. The average Bonchev–Trinajstić information content (AvgIpc) is 3.07. The van der Waals surface area contributed by atoms with Gasteiger partial charge in [-0.05, 0) is 65.1 Å². The minimum atomic E-state index is 0.198. The van der Waals surface area contributed by atoms with Crippen LogP contribution in [0.1, 0.15) is 58.3 Å². The van der Waals surface area contributed by atoms with Crippen LogP contribution < -0.4 is 11.1 Å². The van der Waals surface area contributed by atoms with Gasteiger partial charge in [0.05, 0.1) is 5.52 Å². The Labute approximate surface area is 167 Å².